The van der Waals surface area contributed by atoms with Gasteiger partial charge in [-0.1, -0.05) is 18.2 Å². The van der Waals surface area contributed by atoms with Crippen molar-refractivity contribution >= 4 is 11.8 Å². The lowest BCUT2D eigenvalue weighted by Crippen LogP contribution is -2.51. The molecule has 3 rings (SSSR count). The van der Waals surface area contributed by atoms with E-state index in [1.165, 1.54) is 0 Å². The zero-order valence-corrected chi connectivity index (χ0v) is 14.4. The number of carbonyl (C=O) groups excluding carboxylic acids is 2. The van der Waals surface area contributed by atoms with Crippen LogP contribution in [0.15, 0.2) is 48.8 Å². The first-order valence-electron chi connectivity index (χ1n) is 8.21. The number of carbonyl (C=O) groups is 2. The fraction of sp³-hybridized carbons (Fsp3) is 0.316. The molecule has 1 aromatic heterocycles. The fourth-order valence-corrected chi connectivity index (χ4v) is 3.22. The molecule has 0 saturated carbocycles. The van der Waals surface area contributed by atoms with Crippen LogP contribution in [0, 0.1) is 0 Å². The summed E-state index contributed by atoms with van der Waals surface area (Å²) in [6.07, 6.45) is 3.21. The van der Waals surface area contributed by atoms with Crippen molar-refractivity contribution in [1.82, 2.24) is 14.8 Å². The van der Waals surface area contributed by atoms with E-state index >= 15 is 0 Å². The van der Waals surface area contributed by atoms with E-state index in [4.69, 9.17) is 4.74 Å². The lowest BCUT2D eigenvalue weighted by molar-refractivity contribution is -0.133. The van der Waals surface area contributed by atoms with Crippen LogP contribution >= 0.6 is 0 Å². The SMILES string of the molecule is COc1ccccc1C1CN(C(=O)c2cccnc2)CCN1C(C)=O. The van der Waals surface area contributed by atoms with Crippen LogP contribution in [-0.2, 0) is 4.79 Å². The van der Waals surface area contributed by atoms with Gasteiger partial charge in [-0.25, -0.2) is 0 Å². The average molecular weight is 339 g/mol. The molecule has 1 aromatic carbocycles. The van der Waals surface area contributed by atoms with Gasteiger partial charge in [0.1, 0.15) is 5.75 Å². The van der Waals surface area contributed by atoms with Gasteiger partial charge in [0.25, 0.3) is 5.91 Å². The van der Waals surface area contributed by atoms with Gasteiger partial charge < -0.3 is 14.5 Å². The third kappa shape index (κ3) is 3.47. The summed E-state index contributed by atoms with van der Waals surface area (Å²) < 4.78 is 5.46. The van der Waals surface area contributed by atoms with Crippen LogP contribution in [0.2, 0.25) is 0 Å². The van der Waals surface area contributed by atoms with Crippen molar-refractivity contribution in [3.05, 3.63) is 59.9 Å². The van der Waals surface area contributed by atoms with Crippen LogP contribution < -0.4 is 4.74 Å². The number of methoxy groups -OCH3 is 1. The van der Waals surface area contributed by atoms with Gasteiger partial charge in [-0.15, -0.1) is 0 Å². The van der Waals surface area contributed by atoms with E-state index in [1.807, 2.05) is 24.3 Å². The first-order valence-corrected chi connectivity index (χ1v) is 8.21. The van der Waals surface area contributed by atoms with Gasteiger partial charge >= 0.3 is 0 Å². The summed E-state index contributed by atoms with van der Waals surface area (Å²) in [5, 5.41) is 0. The van der Waals surface area contributed by atoms with Gasteiger partial charge in [-0.3, -0.25) is 14.6 Å². The molecule has 2 aromatic rings. The van der Waals surface area contributed by atoms with E-state index in [-0.39, 0.29) is 17.9 Å². The maximum atomic E-state index is 12.8. The number of para-hydroxylation sites is 1. The van der Waals surface area contributed by atoms with Crippen molar-refractivity contribution in [2.75, 3.05) is 26.7 Å². The second-order valence-corrected chi connectivity index (χ2v) is 5.96. The number of piperazine rings is 1. The van der Waals surface area contributed by atoms with Gasteiger partial charge in [-0.2, -0.15) is 0 Å². The highest BCUT2D eigenvalue weighted by Gasteiger charge is 2.33. The minimum absolute atomic E-state index is 0.00983. The van der Waals surface area contributed by atoms with Gasteiger partial charge in [-0.05, 0) is 18.2 Å². The Hall–Kier alpha value is -2.89. The Balaban J connectivity index is 1.90. The summed E-state index contributed by atoms with van der Waals surface area (Å²) >= 11 is 0. The van der Waals surface area contributed by atoms with E-state index in [1.54, 1.807) is 48.4 Å². The number of pyridine rings is 1. The normalized spacial score (nSPS) is 17.3. The molecule has 1 fully saturated rings. The topological polar surface area (TPSA) is 62.7 Å². The predicted octanol–water partition coefficient (Wildman–Crippen LogP) is 2.14. The molecule has 1 aliphatic heterocycles. The molecule has 0 aliphatic carbocycles. The highest BCUT2D eigenvalue weighted by atomic mass is 16.5. The predicted molar refractivity (Wildman–Crippen MR) is 93.3 cm³/mol. The van der Waals surface area contributed by atoms with E-state index < -0.39 is 0 Å². The summed E-state index contributed by atoms with van der Waals surface area (Å²) in [6, 6.07) is 10.9. The Kier molecular flexibility index (Phi) is 4.97. The van der Waals surface area contributed by atoms with Crippen LogP contribution in [0.5, 0.6) is 5.75 Å². The Labute approximate surface area is 147 Å². The first kappa shape index (κ1) is 17.0. The Morgan fingerprint density at radius 1 is 1.16 bits per heavy atom. The molecule has 25 heavy (non-hydrogen) atoms. The van der Waals surface area contributed by atoms with Gasteiger partial charge in [0, 0.05) is 44.5 Å². The number of aromatic nitrogens is 1. The van der Waals surface area contributed by atoms with Crippen molar-refractivity contribution in [2.45, 2.75) is 13.0 Å². The van der Waals surface area contributed by atoms with Crippen molar-refractivity contribution in [3.8, 4) is 5.75 Å². The molecule has 1 aliphatic rings. The molecule has 0 N–H and O–H groups in total. The molecule has 0 radical (unpaired) electrons. The number of benzene rings is 1. The maximum Gasteiger partial charge on any atom is 0.255 e. The van der Waals surface area contributed by atoms with Gasteiger partial charge in [0.15, 0.2) is 0 Å². The number of amides is 2. The standard InChI is InChI=1S/C19H21N3O3/c1-14(23)22-11-10-21(19(24)15-6-5-9-20-12-15)13-17(22)16-7-3-4-8-18(16)25-2/h3-9,12,17H,10-11,13H2,1-2H3. The molecule has 130 valence electrons. The largest absolute Gasteiger partial charge is 0.496 e. The molecule has 1 atom stereocenters. The molecule has 0 spiro atoms. The summed E-state index contributed by atoms with van der Waals surface area (Å²) in [7, 11) is 1.61. The molecule has 2 amide bonds. The number of ether oxygens (including phenoxy) is 1. The second-order valence-electron chi connectivity index (χ2n) is 5.96. The van der Waals surface area contributed by atoms with Crippen LogP contribution in [0.25, 0.3) is 0 Å². The Bertz CT molecular complexity index is 764. The quantitative estimate of drug-likeness (QED) is 0.859. The van der Waals surface area contributed by atoms with Crippen molar-refractivity contribution in [2.24, 2.45) is 0 Å². The number of hydrogen-bond donors (Lipinski definition) is 0. The molecule has 1 unspecified atom stereocenters. The molecule has 6 nitrogen and oxygen atoms in total. The summed E-state index contributed by atoms with van der Waals surface area (Å²) in [5.41, 5.74) is 1.46. The molecular weight excluding hydrogens is 318 g/mol. The molecule has 1 saturated heterocycles. The van der Waals surface area contributed by atoms with Crippen molar-refractivity contribution in [1.29, 1.82) is 0 Å². The van der Waals surface area contributed by atoms with Crippen LogP contribution in [-0.4, -0.2) is 53.3 Å². The van der Waals surface area contributed by atoms with E-state index in [9.17, 15) is 9.59 Å². The van der Waals surface area contributed by atoms with Crippen molar-refractivity contribution < 1.29 is 14.3 Å². The molecule has 6 heteroatoms. The number of nitrogens with zero attached hydrogens (tertiary/aromatic N) is 3. The zero-order valence-electron chi connectivity index (χ0n) is 14.4. The van der Waals surface area contributed by atoms with Crippen molar-refractivity contribution in [3.63, 3.8) is 0 Å². The van der Waals surface area contributed by atoms with Gasteiger partial charge in [0.05, 0.1) is 18.7 Å². The highest BCUT2D eigenvalue weighted by molar-refractivity contribution is 5.94. The minimum Gasteiger partial charge on any atom is -0.496 e. The molecule has 2 heterocycles. The third-order valence-electron chi connectivity index (χ3n) is 4.48. The third-order valence-corrected chi connectivity index (χ3v) is 4.48. The summed E-state index contributed by atoms with van der Waals surface area (Å²) in [4.78, 5) is 32.4. The Morgan fingerprint density at radius 3 is 2.64 bits per heavy atom. The maximum absolute atomic E-state index is 12.8. The summed E-state index contributed by atoms with van der Waals surface area (Å²) in [6.45, 7) is 2.97. The van der Waals surface area contributed by atoms with E-state index in [0.29, 0.717) is 25.2 Å². The Morgan fingerprint density at radius 2 is 1.96 bits per heavy atom. The lowest BCUT2D eigenvalue weighted by Gasteiger charge is -2.41. The molecule has 0 bridgehead atoms. The summed E-state index contributed by atoms with van der Waals surface area (Å²) in [5.74, 6) is 0.634. The van der Waals surface area contributed by atoms with Gasteiger partial charge in [0.2, 0.25) is 5.91 Å². The van der Waals surface area contributed by atoms with E-state index in [2.05, 4.69) is 4.98 Å². The second kappa shape index (κ2) is 7.34. The zero-order chi connectivity index (χ0) is 17.8. The van der Waals surface area contributed by atoms with E-state index in [0.717, 1.165) is 11.3 Å². The molecular formula is C19H21N3O3. The minimum atomic E-state index is -0.233. The fourth-order valence-electron chi connectivity index (χ4n) is 3.22. The lowest BCUT2D eigenvalue weighted by atomic mass is 10.0. The number of rotatable bonds is 3. The first-order chi connectivity index (χ1) is 12.1. The average Bonchev–Trinajstić information content (AvgIpc) is 2.67. The van der Waals surface area contributed by atoms with Crippen LogP contribution in [0.3, 0.4) is 0 Å². The monoisotopic (exact) mass is 339 g/mol. The highest BCUT2D eigenvalue weighted by Crippen LogP contribution is 2.32. The van der Waals surface area contributed by atoms with Crippen LogP contribution in [0.4, 0.5) is 0 Å². The van der Waals surface area contributed by atoms with Crippen LogP contribution in [0.1, 0.15) is 28.9 Å². The smallest absolute Gasteiger partial charge is 0.255 e. The number of hydrogen-bond acceptors (Lipinski definition) is 4.